The second-order valence-electron chi connectivity index (χ2n) is 4.95. The molecule has 2 aliphatic rings. The first-order chi connectivity index (χ1) is 7.69. The Morgan fingerprint density at radius 3 is 2.75 bits per heavy atom. The predicted molar refractivity (Wildman–Crippen MR) is 73.9 cm³/mol. The molecule has 1 heterocycles. The SMILES string of the molecule is NC1(c2ccc(C3CCSC3)c(Br)c2)CC1. The molecule has 2 fully saturated rings. The number of benzene rings is 1. The van der Waals surface area contributed by atoms with Crippen molar-refractivity contribution < 1.29 is 0 Å². The third-order valence-corrected chi connectivity index (χ3v) is 5.58. The van der Waals surface area contributed by atoms with Crippen molar-refractivity contribution >= 4 is 27.7 Å². The van der Waals surface area contributed by atoms with Crippen LogP contribution in [0.15, 0.2) is 22.7 Å². The Morgan fingerprint density at radius 1 is 1.38 bits per heavy atom. The molecule has 1 aliphatic carbocycles. The van der Waals surface area contributed by atoms with Crippen molar-refractivity contribution in [2.75, 3.05) is 11.5 Å². The van der Waals surface area contributed by atoms with E-state index in [4.69, 9.17) is 5.73 Å². The predicted octanol–water partition coefficient (Wildman–Crippen LogP) is 3.62. The minimum absolute atomic E-state index is 0.00846. The average molecular weight is 298 g/mol. The summed E-state index contributed by atoms with van der Waals surface area (Å²) < 4.78 is 1.26. The van der Waals surface area contributed by atoms with Crippen LogP contribution in [0.3, 0.4) is 0 Å². The molecule has 1 unspecified atom stereocenters. The standard InChI is InChI=1S/C13H16BrNS/c14-12-7-10(13(15)4-5-13)1-2-11(12)9-3-6-16-8-9/h1-2,7,9H,3-6,8,15H2. The van der Waals surface area contributed by atoms with Crippen LogP contribution >= 0.6 is 27.7 Å². The van der Waals surface area contributed by atoms with Crippen LogP contribution in [0.1, 0.15) is 36.3 Å². The molecule has 86 valence electrons. The highest BCUT2D eigenvalue weighted by Crippen LogP contribution is 2.45. The molecule has 1 nitrogen and oxygen atoms in total. The Balaban J connectivity index is 1.90. The van der Waals surface area contributed by atoms with E-state index in [2.05, 4.69) is 45.9 Å². The third kappa shape index (κ3) is 1.93. The topological polar surface area (TPSA) is 26.0 Å². The third-order valence-electron chi connectivity index (χ3n) is 3.73. The molecular weight excluding hydrogens is 282 g/mol. The van der Waals surface area contributed by atoms with E-state index < -0.39 is 0 Å². The van der Waals surface area contributed by atoms with Gasteiger partial charge >= 0.3 is 0 Å². The molecular formula is C13H16BrNS. The van der Waals surface area contributed by atoms with E-state index in [0.717, 1.165) is 18.8 Å². The van der Waals surface area contributed by atoms with Gasteiger partial charge in [-0.2, -0.15) is 11.8 Å². The molecule has 1 aromatic rings. The lowest BCUT2D eigenvalue weighted by molar-refractivity contribution is 0.732. The zero-order valence-corrected chi connectivity index (χ0v) is 11.6. The highest BCUT2D eigenvalue weighted by atomic mass is 79.9. The first-order valence-corrected chi connectivity index (χ1v) is 7.80. The first-order valence-electron chi connectivity index (χ1n) is 5.86. The molecule has 16 heavy (non-hydrogen) atoms. The molecule has 1 aromatic carbocycles. The van der Waals surface area contributed by atoms with Gasteiger partial charge in [-0.05, 0) is 48.1 Å². The maximum absolute atomic E-state index is 6.22. The van der Waals surface area contributed by atoms with Crippen LogP contribution in [0.25, 0.3) is 0 Å². The highest BCUT2D eigenvalue weighted by molar-refractivity contribution is 9.10. The lowest BCUT2D eigenvalue weighted by atomic mass is 9.95. The summed E-state index contributed by atoms with van der Waals surface area (Å²) >= 11 is 5.77. The van der Waals surface area contributed by atoms with Gasteiger partial charge in [0, 0.05) is 15.8 Å². The van der Waals surface area contributed by atoms with Gasteiger partial charge in [-0.3, -0.25) is 0 Å². The van der Waals surface area contributed by atoms with Gasteiger partial charge in [0.25, 0.3) is 0 Å². The van der Waals surface area contributed by atoms with Gasteiger partial charge in [0.2, 0.25) is 0 Å². The summed E-state index contributed by atoms with van der Waals surface area (Å²) in [5, 5.41) is 0. The number of thioether (sulfide) groups is 1. The van der Waals surface area contributed by atoms with Crippen molar-refractivity contribution in [3.8, 4) is 0 Å². The second-order valence-corrected chi connectivity index (χ2v) is 6.96. The monoisotopic (exact) mass is 297 g/mol. The maximum atomic E-state index is 6.22. The molecule has 0 amide bonds. The molecule has 3 heteroatoms. The van der Waals surface area contributed by atoms with E-state index in [0.29, 0.717) is 0 Å². The zero-order valence-electron chi connectivity index (χ0n) is 9.21. The summed E-state index contributed by atoms with van der Waals surface area (Å²) in [6, 6.07) is 6.75. The fourth-order valence-electron chi connectivity index (χ4n) is 2.37. The smallest absolute Gasteiger partial charge is 0.0411 e. The van der Waals surface area contributed by atoms with Gasteiger partial charge in [-0.1, -0.05) is 28.1 Å². The van der Waals surface area contributed by atoms with Crippen LogP contribution in [0.2, 0.25) is 0 Å². The summed E-state index contributed by atoms with van der Waals surface area (Å²) in [4.78, 5) is 0. The minimum atomic E-state index is -0.00846. The molecule has 0 spiro atoms. The van der Waals surface area contributed by atoms with Gasteiger partial charge in [-0.15, -0.1) is 0 Å². The highest BCUT2D eigenvalue weighted by Gasteiger charge is 2.40. The van der Waals surface area contributed by atoms with Crippen molar-refractivity contribution in [3.05, 3.63) is 33.8 Å². The van der Waals surface area contributed by atoms with E-state index >= 15 is 0 Å². The lowest BCUT2D eigenvalue weighted by Gasteiger charge is -2.15. The summed E-state index contributed by atoms with van der Waals surface area (Å²) in [6.07, 6.45) is 3.59. The van der Waals surface area contributed by atoms with Crippen LogP contribution in [-0.4, -0.2) is 11.5 Å². The fourth-order valence-corrected chi connectivity index (χ4v) is 4.32. The summed E-state index contributed by atoms with van der Waals surface area (Å²) in [5.74, 6) is 3.31. The maximum Gasteiger partial charge on any atom is 0.0411 e. The van der Waals surface area contributed by atoms with E-state index in [1.807, 2.05) is 0 Å². The minimum Gasteiger partial charge on any atom is -0.321 e. The van der Waals surface area contributed by atoms with Gasteiger partial charge in [0.15, 0.2) is 0 Å². The molecule has 1 saturated heterocycles. The van der Waals surface area contributed by atoms with Gasteiger partial charge < -0.3 is 5.73 Å². The van der Waals surface area contributed by atoms with Crippen molar-refractivity contribution in [3.63, 3.8) is 0 Å². The Labute approximate surface area is 109 Å². The molecule has 3 rings (SSSR count). The molecule has 0 bridgehead atoms. The number of halogens is 1. The van der Waals surface area contributed by atoms with Crippen LogP contribution in [-0.2, 0) is 5.54 Å². The zero-order chi connectivity index (χ0) is 11.2. The molecule has 1 aliphatic heterocycles. The normalized spacial score (nSPS) is 27.0. The van der Waals surface area contributed by atoms with E-state index in [9.17, 15) is 0 Å². The summed E-state index contributed by atoms with van der Waals surface area (Å²) in [7, 11) is 0. The molecule has 1 atom stereocenters. The molecule has 2 N–H and O–H groups in total. The fraction of sp³-hybridized carbons (Fsp3) is 0.538. The summed E-state index contributed by atoms with van der Waals surface area (Å²) in [6.45, 7) is 0. The second kappa shape index (κ2) is 4.04. The molecule has 0 aromatic heterocycles. The Hall–Kier alpha value is 0.01000. The van der Waals surface area contributed by atoms with E-state index in [1.54, 1.807) is 0 Å². The van der Waals surface area contributed by atoms with Crippen molar-refractivity contribution in [1.29, 1.82) is 0 Å². The van der Waals surface area contributed by atoms with E-state index in [1.165, 1.54) is 33.5 Å². The van der Waals surface area contributed by atoms with Crippen LogP contribution in [0.4, 0.5) is 0 Å². The van der Waals surface area contributed by atoms with Crippen LogP contribution in [0.5, 0.6) is 0 Å². The Morgan fingerprint density at radius 2 is 2.19 bits per heavy atom. The Bertz CT molecular complexity index is 408. The number of rotatable bonds is 2. The van der Waals surface area contributed by atoms with Crippen LogP contribution < -0.4 is 5.73 Å². The van der Waals surface area contributed by atoms with Crippen molar-refractivity contribution in [2.45, 2.75) is 30.7 Å². The largest absolute Gasteiger partial charge is 0.321 e. The quantitative estimate of drug-likeness (QED) is 0.902. The van der Waals surface area contributed by atoms with Gasteiger partial charge in [-0.25, -0.2) is 0 Å². The van der Waals surface area contributed by atoms with Gasteiger partial charge in [0.05, 0.1) is 0 Å². The lowest BCUT2D eigenvalue weighted by Crippen LogP contribution is -2.18. The average Bonchev–Trinajstić information content (AvgIpc) is 2.82. The molecule has 1 saturated carbocycles. The Kier molecular flexibility index (Phi) is 2.81. The number of nitrogens with two attached hydrogens (primary N) is 1. The number of hydrogen-bond donors (Lipinski definition) is 1. The number of hydrogen-bond acceptors (Lipinski definition) is 2. The molecule has 0 radical (unpaired) electrons. The van der Waals surface area contributed by atoms with Crippen molar-refractivity contribution in [1.82, 2.24) is 0 Å². The van der Waals surface area contributed by atoms with Crippen molar-refractivity contribution in [2.24, 2.45) is 5.73 Å². The van der Waals surface area contributed by atoms with E-state index in [-0.39, 0.29) is 5.54 Å². The first kappa shape index (κ1) is 11.1. The van der Waals surface area contributed by atoms with Gasteiger partial charge in [0.1, 0.15) is 0 Å². The van der Waals surface area contributed by atoms with Crippen LogP contribution in [0, 0.1) is 0 Å². The summed E-state index contributed by atoms with van der Waals surface area (Å²) in [5.41, 5.74) is 8.98.